The molecule has 0 aromatic rings. The van der Waals surface area contributed by atoms with E-state index in [0.717, 1.165) is 25.9 Å². The maximum atomic E-state index is 11.6. The molecule has 0 saturated carbocycles. The molecule has 1 saturated heterocycles. The first-order chi connectivity index (χ1) is 8.19. The smallest absolute Gasteiger partial charge is 0.332 e. The van der Waals surface area contributed by atoms with Gasteiger partial charge < -0.3 is 15.4 Å². The van der Waals surface area contributed by atoms with Gasteiger partial charge in [0.2, 0.25) is 5.91 Å². The van der Waals surface area contributed by atoms with Crippen molar-refractivity contribution in [1.29, 1.82) is 0 Å². The van der Waals surface area contributed by atoms with Crippen molar-refractivity contribution in [2.45, 2.75) is 31.8 Å². The van der Waals surface area contributed by atoms with E-state index in [1.807, 2.05) is 0 Å². The van der Waals surface area contributed by atoms with E-state index in [9.17, 15) is 9.59 Å². The Hall–Kier alpha value is -1.14. The van der Waals surface area contributed by atoms with Gasteiger partial charge in [-0.15, -0.1) is 0 Å². The average Bonchev–Trinajstić information content (AvgIpc) is 2.36. The predicted molar refractivity (Wildman–Crippen MR) is 62.9 cm³/mol. The van der Waals surface area contributed by atoms with Crippen LogP contribution in [0.15, 0.2) is 0 Å². The van der Waals surface area contributed by atoms with Crippen LogP contribution in [0.4, 0.5) is 0 Å². The summed E-state index contributed by atoms with van der Waals surface area (Å²) in [6, 6.07) is -0.807. The Morgan fingerprint density at radius 1 is 1.47 bits per heavy atom. The van der Waals surface area contributed by atoms with Crippen LogP contribution in [0, 0.1) is 7.05 Å². The van der Waals surface area contributed by atoms with E-state index < -0.39 is 17.9 Å². The van der Waals surface area contributed by atoms with Gasteiger partial charge in [-0.1, -0.05) is 0 Å². The molecular formula is C11H20N3O3. The van der Waals surface area contributed by atoms with Crippen LogP contribution in [0.1, 0.15) is 19.8 Å². The summed E-state index contributed by atoms with van der Waals surface area (Å²) < 4.78 is 4.86. The summed E-state index contributed by atoms with van der Waals surface area (Å²) >= 11 is 0. The molecule has 1 aliphatic heterocycles. The van der Waals surface area contributed by atoms with Gasteiger partial charge in [-0.2, -0.15) is 0 Å². The Balaban J connectivity index is 2.55. The van der Waals surface area contributed by atoms with Crippen molar-refractivity contribution >= 4 is 11.9 Å². The number of ether oxygens (including phenoxy) is 1. The molecule has 6 nitrogen and oxygen atoms in total. The molecular weight excluding hydrogens is 222 g/mol. The van der Waals surface area contributed by atoms with Gasteiger partial charge in [0.1, 0.15) is 0 Å². The van der Waals surface area contributed by atoms with Crippen LogP contribution in [-0.2, 0) is 14.3 Å². The molecule has 1 radical (unpaired) electrons. The molecule has 1 aliphatic rings. The lowest BCUT2D eigenvalue weighted by atomic mass is 10.1. The minimum Gasteiger partial charge on any atom is -0.464 e. The van der Waals surface area contributed by atoms with Crippen molar-refractivity contribution < 1.29 is 14.3 Å². The monoisotopic (exact) mass is 242 g/mol. The zero-order valence-electron chi connectivity index (χ0n) is 10.1. The minimum absolute atomic E-state index is 0.156. The van der Waals surface area contributed by atoms with Gasteiger partial charge >= 0.3 is 5.97 Å². The molecule has 1 rings (SSSR count). The first kappa shape index (κ1) is 13.9. The summed E-state index contributed by atoms with van der Waals surface area (Å²) in [5, 5.41) is 8.47. The summed E-state index contributed by atoms with van der Waals surface area (Å²) in [7, 11) is 3.28. The fourth-order valence-corrected chi connectivity index (χ4v) is 1.80. The van der Waals surface area contributed by atoms with Crippen molar-refractivity contribution in [3.8, 4) is 0 Å². The second kappa shape index (κ2) is 7.24. The van der Waals surface area contributed by atoms with Gasteiger partial charge in [0.25, 0.3) is 0 Å². The summed E-state index contributed by atoms with van der Waals surface area (Å²) in [4.78, 5) is 23.2. The van der Waals surface area contributed by atoms with E-state index in [1.54, 1.807) is 6.92 Å². The molecule has 6 heteroatoms. The highest BCUT2D eigenvalue weighted by Crippen LogP contribution is 2.04. The Labute approximate surface area is 101 Å². The SMILES string of the molecule is [CH2]NC(=O)C(NC1CCNCC1)C(=O)OCC. The number of carbonyl (C=O) groups is 2. The lowest BCUT2D eigenvalue weighted by Crippen LogP contribution is -2.54. The number of hydrogen-bond donors (Lipinski definition) is 3. The predicted octanol–water partition coefficient (Wildman–Crippen LogP) is -0.833. The van der Waals surface area contributed by atoms with Crippen LogP contribution >= 0.6 is 0 Å². The molecule has 1 atom stereocenters. The van der Waals surface area contributed by atoms with Crippen molar-refractivity contribution in [3.05, 3.63) is 7.05 Å². The molecule has 3 N–H and O–H groups in total. The zero-order valence-corrected chi connectivity index (χ0v) is 10.1. The lowest BCUT2D eigenvalue weighted by molar-refractivity contribution is -0.149. The van der Waals surface area contributed by atoms with Gasteiger partial charge in [-0.25, -0.2) is 4.79 Å². The van der Waals surface area contributed by atoms with Gasteiger partial charge in [-0.3, -0.25) is 10.1 Å². The Morgan fingerprint density at radius 2 is 2.12 bits per heavy atom. The van der Waals surface area contributed by atoms with Gasteiger partial charge in [0, 0.05) is 13.1 Å². The molecule has 17 heavy (non-hydrogen) atoms. The number of nitrogens with one attached hydrogen (secondary N) is 3. The van der Waals surface area contributed by atoms with Crippen LogP contribution in [0.5, 0.6) is 0 Å². The summed E-state index contributed by atoms with van der Waals surface area (Å²) in [5.74, 6) is -1.01. The number of carbonyl (C=O) groups excluding carboxylic acids is 2. The Kier molecular flexibility index (Phi) is 5.93. The fourth-order valence-electron chi connectivity index (χ4n) is 1.80. The second-order valence-electron chi connectivity index (χ2n) is 3.92. The molecule has 0 spiro atoms. The lowest BCUT2D eigenvalue weighted by Gasteiger charge is -2.27. The third kappa shape index (κ3) is 4.32. The van der Waals surface area contributed by atoms with E-state index in [4.69, 9.17) is 4.74 Å². The third-order valence-corrected chi connectivity index (χ3v) is 2.70. The van der Waals surface area contributed by atoms with Crippen molar-refractivity contribution in [2.75, 3.05) is 19.7 Å². The molecule has 1 heterocycles. The van der Waals surface area contributed by atoms with Crippen LogP contribution in [-0.4, -0.2) is 43.7 Å². The molecule has 0 aliphatic carbocycles. The van der Waals surface area contributed by atoms with Crippen LogP contribution in [0.2, 0.25) is 0 Å². The first-order valence-electron chi connectivity index (χ1n) is 5.89. The van der Waals surface area contributed by atoms with E-state index >= 15 is 0 Å². The van der Waals surface area contributed by atoms with Gasteiger partial charge in [0.15, 0.2) is 6.04 Å². The maximum absolute atomic E-state index is 11.6. The molecule has 1 amide bonds. The van der Waals surface area contributed by atoms with E-state index in [0.29, 0.717) is 0 Å². The van der Waals surface area contributed by atoms with Gasteiger partial charge in [0.05, 0.1) is 6.61 Å². The number of hydrogen-bond acceptors (Lipinski definition) is 5. The largest absolute Gasteiger partial charge is 0.464 e. The molecule has 1 fully saturated rings. The van der Waals surface area contributed by atoms with Crippen LogP contribution in [0.25, 0.3) is 0 Å². The standard InChI is InChI=1S/C11H20N3O3/c1-3-17-11(16)9(10(15)12-2)14-8-4-6-13-7-5-8/h8-9,13-14H,2-7H2,1H3,(H,12,15). The topological polar surface area (TPSA) is 79.5 Å². The quantitative estimate of drug-likeness (QED) is 0.433. The third-order valence-electron chi connectivity index (χ3n) is 2.70. The number of rotatable bonds is 5. The number of amides is 1. The molecule has 1 unspecified atom stereocenters. The van der Waals surface area contributed by atoms with Crippen molar-refractivity contribution in [2.24, 2.45) is 0 Å². The van der Waals surface area contributed by atoms with Crippen molar-refractivity contribution in [1.82, 2.24) is 16.0 Å². The summed E-state index contributed by atoms with van der Waals surface area (Å²) in [6.45, 7) is 3.74. The van der Waals surface area contributed by atoms with E-state index in [2.05, 4.69) is 23.0 Å². The molecule has 0 bridgehead atoms. The summed E-state index contributed by atoms with van der Waals surface area (Å²) in [5.41, 5.74) is 0. The Bertz CT molecular complexity index is 265. The number of esters is 1. The minimum atomic E-state index is -0.962. The molecule has 97 valence electrons. The van der Waals surface area contributed by atoms with Crippen LogP contribution < -0.4 is 16.0 Å². The summed E-state index contributed by atoms with van der Waals surface area (Å²) in [6.07, 6.45) is 1.78. The van der Waals surface area contributed by atoms with E-state index in [-0.39, 0.29) is 12.6 Å². The number of piperidine rings is 1. The maximum Gasteiger partial charge on any atom is 0.332 e. The van der Waals surface area contributed by atoms with Gasteiger partial charge in [-0.05, 0) is 32.9 Å². The Morgan fingerprint density at radius 3 is 2.65 bits per heavy atom. The van der Waals surface area contributed by atoms with E-state index in [1.165, 1.54) is 0 Å². The molecule has 0 aromatic heterocycles. The zero-order chi connectivity index (χ0) is 12.7. The first-order valence-corrected chi connectivity index (χ1v) is 5.89. The second-order valence-corrected chi connectivity index (χ2v) is 3.92. The highest BCUT2D eigenvalue weighted by atomic mass is 16.5. The normalized spacial score (nSPS) is 18.5. The van der Waals surface area contributed by atoms with Crippen molar-refractivity contribution in [3.63, 3.8) is 0 Å². The molecule has 0 aromatic carbocycles. The van der Waals surface area contributed by atoms with Crippen LogP contribution in [0.3, 0.4) is 0 Å². The average molecular weight is 242 g/mol. The highest BCUT2D eigenvalue weighted by molar-refractivity contribution is 6.02. The highest BCUT2D eigenvalue weighted by Gasteiger charge is 2.29. The fraction of sp³-hybridized carbons (Fsp3) is 0.727.